The van der Waals surface area contributed by atoms with Gasteiger partial charge in [0.1, 0.15) is 0 Å². The van der Waals surface area contributed by atoms with E-state index in [0.717, 1.165) is 74.3 Å². The number of aromatic nitrogens is 1. The first-order valence-electron chi connectivity index (χ1n) is 10.8. The second-order valence-electron chi connectivity index (χ2n) is 8.19. The molecule has 1 aliphatic carbocycles. The van der Waals surface area contributed by atoms with Crippen molar-refractivity contribution in [3.05, 3.63) is 70.9 Å². The average molecular weight is 389 g/mol. The van der Waals surface area contributed by atoms with Crippen molar-refractivity contribution in [2.45, 2.75) is 32.2 Å². The van der Waals surface area contributed by atoms with Gasteiger partial charge in [0, 0.05) is 54.4 Å². The van der Waals surface area contributed by atoms with E-state index >= 15 is 0 Å². The molecule has 0 radical (unpaired) electrons. The van der Waals surface area contributed by atoms with Crippen molar-refractivity contribution in [2.75, 3.05) is 32.8 Å². The van der Waals surface area contributed by atoms with Crippen molar-refractivity contribution in [2.24, 2.45) is 0 Å². The van der Waals surface area contributed by atoms with E-state index in [2.05, 4.69) is 46.0 Å². The zero-order valence-electron chi connectivity index (χ0n) is 16.9. The number of ether oxygens (including phenoxy) is 1. The number of hydrogen-bond donors (Lipinski definition) is 0. The maximum atomic E-state index is 13.6. The SMILES string of the molecule is O=C(c1cccc2c1CCCC2)c1cn(CCN2CCOCC2)c2ccccc12. The highest BCUT2D eigenvalue weighted by atomic mass is 16.5. The Balaban J connectivity index is 1.48. The van der Waals surface area contributed by atoms with Crippen LogP contribution in [0.4, 0.5) is 0 Å². The Hall–Kier alpha value is -2.43. The Bertz CT molecular complexity index is 1030. The molecular formula is C25H28N2O2. The summed E-state index contributed by atoms with van der Waals surface area (Å²) in [6.07, 6.45) is 6.60. The van der Waals surface area contributed by atoms with Gasteiger partial charge in [-0.2, -0.15) is 0 Å². The predicted octanol–water partition coefficient (Wildman–Crippen LogP) is 4.08. The molecule has 29 heavy (non-hydrogen) atoms. The number of benzene rings is 2. The number of fused-ring (bicyclic) bond motifs is 2. The normalized spacial score (nSPS) is 17.4. The molecule has 2 heterocycles. The van der Waals surface area contributed by atoms with Gasteiger partial charge in [0.05, 0.1) is 13.2 Å². The number of nitrogens with zero attached hydrogens (tertiary/aromatic N) is 2. The third-order valence-corrected chi connectivity index (χ3v) is 6.43. The van der Waals surface area contributed by atoms with Crippen LogP contribution >= 0.6 is 0 Å². The van der Waals surface area contributed by atoms with Gasteiger partial charge in [0.2, 0.25) is 0 Å². The van der Waals surface area contributed by atoms with Crippen LogP contribution in [0.15, 0.2) is 48.7 Å². The summed E-state index contributed by atoms with van der Waals surface area (Å²) >= 11 is 0. The molecule has 1 saturated heterocycles. The molecule has 5 rings (SSSR count). The van der Waals surface area contributed by atoms with Gasteiger partial charge in [0.25, 0.3) is 0 Å². The van der Waals surface area contributed by atoms with Crippen LogP contribution in [0.3, 0.4) is 0 Å². The van der Waals surface area contributed by atoms with Crippen LogP contribution in [0, 0.1) is 0 Å². The zero-order valence-corrected chi connectivity index (χ0v) is 16.9. The summed E-state index contributed by atoms with van der Waals surface area (Å²) in [5, 5.41) is 1.06. The summed E-state index contributed by atoms with van der Waals surface area (Å²) in [4.78, 5) is 16.0. The fraction of sp³-hybridized carbons (Fsp3) is 0.400. The summed E-state index contributed by atoms with van der Waals surface area (Å²) in [5.41, 5.74) is 5.51. The number of morpholine rings is 1. The highest BCUT2D eigenvalue weighted by Gasteiger charge is 2.22. The Morgan fingerprint density at radius 1 is 0.897 bits per heavy atom. The lowest BCUT2D eigenvalue weighted by atomic mass is 9.86. The van der Waals surface area contributed by atoms with Gasteiger partial charge >= 0.3 is 0 Å². The molecule has 4 nitrogen and oxygen atoms in total. The largest absolute Gasteiger partial charge is 0.379 e. The van der Waals surface area contributed by atoms with Crippen molar-refractivity contribution in [3.63, 3.8) is 0 Å². The van der Waals surface area contributed by atoms with Crippen LogP contribution in [0.1, 0.15) is 39.9 Å². The van der Waals surface area contributed by atoms with E-state index in [1.807, 2.05) is 12.1 Å². The van der Waals surface area contributed by atoms with Crippen LogP contribution in [0.5, 0.6) is 0 Å². The van der Waals surface area contributed by atoms with E-state index in [0.29, 0.717) is 0 Å². The molecule has 1 aromatic heterocycles. The van der Waals surface area contributed by atoms with E-state index in [1.165, 1.54) is 24.0 Å². The monoisotopic (exact) mass is 388 g/mol. The smallest absolute Gasteiger partial charge is 0.195 e. The highest BCUT2D eigenvalue weighted by molar-refractivity contribution is 6.17. The zero-order chi connectivity index (χ0) is 19.6. The molecule has 0 N–H and O–H groups in total. The molecule has 150 valence electrons. The average Bonchev–Trinajstić information content (AvgIpc) is 3.16. The quantitative estimate of drug-likeness (QED) is 0.618. The lowest BCUT2D eigenvalue weighted by molar-refractivity contribution is 0.0365. The first kappa shape index (κ1) is 18.6. The summed E-state index contributed by atoms with van der Waals surface area (Å²) in [6, 6.07) is 14.6. The third kappa shape index (κ3) is 3.63. The Morgan fingerprint density at radius 3 is 2.62 bits per heavy atom. The lowest BCUT2D eigenvalue weighted by Gasteiger charge is -2.26. The van der Waals surface area contributed by atoms with Crippen LogP contribution in [-0.2, 0) is 24.1 Å². The number of hydrogen-bond acceptors (Lipinski definition) is 3. The van der Waals surface area contributed by atoms with E-state index in [9.17, 15) is 4.79 Å². The van der Waals surface area contributed by atoms with Crippen molar-refractivity contribution in [1.29, 1.82) is 0 Å². The van der Waals surface area contributed by atoms with Gasteiger partial charge in [-0.15, -0.1) is 0 Å². The summed E-state index contributed by atoms with van der Waals surface area (Å²) in [6.45, 7) is 5.48. The van der Waals surface area contributed by atoms with E-state index in [-0.39, 0.29) is 5.78 Å². The van der Waals surface area contributed by atoms with Crippen molar-refractivity contribution in [3.8, 4) is 0 Å². The molecule has 1 fully saturated rings. The Morgan fingerprint density at radius 2 is 1.72 bits per heavy atom. The van der Waals surface area contributed by atoms with Gasteiger partial charge in [-0.25, -0.2) is 0 Å². The second kappa shape index (κ2) is 8.13. The molecule has 0 unspecified atom stereocenters. The standard InChI is InChI=1S/C25H28N2O2/c28-25(22-10-5-7-19-6-1-2-8-20(19)22)23-18-27(24-11-4-3-9-21(23)24)13-12-26-14-16-29-17-15-26/h3-5,7,9-11,18H,1-2,6,8,12-17H2. The van der Waals surface area contributed by atoms with Crippen LogP contribution < -0.4 is 0 Å². The third-order valence-electron chi connectivity index (χ3n) is 6.43. The van der Waals surface area contributed by atoms with E-state index in [1.54, 1.807) is 0 Å². The van der Waals surface area contributed by atoms with Crippen LogP contribution in [0.2, 0.25) is 0 Å². The molecule has 1 aliphatic heterocycles. The molecule has 0 spiro atoms. The minimum absolute atomic E-state index is 0.171. The first-order valence-corrected chi connectivity index (χ1v) is 10.8. The fourth-order valence-corrected chi connectivity index (χ4v) is 4.83. The molecule has 0 saturated carbocycles. The fourth-order valence-electron chi connectivity index (χ4n) is 4.83. The Labute approximate surface area is 172 Å². The predicted molar refractivity (Wildman–Crippen MR) is 116 cm³/mol. The number of rotatable bonds is 5. The van der Waals surface area contributed by atoms with Crippen molar-refractivity contribution < 1.29 is 9.53 Å². The van der Waals surface area contributed by atoms with Gasteiger partial charge in [-0.1, -0.05) is 36.4 Å². The van der Waals surface area contributed by atoms with Gasteiger partial charge in [-0.05, 0) is 42.9 Å². The molecular weight excluding hydrogens is 360 g/mol. The first-order chi connectivity index (χ1) is 14.3. The van der Waals surface area contributed by atoms with Crippen molar-refractivity contribution in [1.82, 2.24) is 9.47 Å². The summed E-state index contributed by atoms with van der Waals surface area (Å²) in [5.74, 6) is 0.171. The van der Waals surface area contributed by atoms with Gasteiger partial charge < -0.3 is 9.30 Å². The molecule has 3 aromatic rings. The number of carbonyl (C=O) groups is 1. The number of para-hydroxylation sites is 1. The van der Waals surface area contributed by atoms with Crippen molar-refractivity contribution >= 4 is 16.7 Å². The van der Waals surface area contributed by atoms with Gasteiger partial charge in [-0.3, -0.25) is 9.69 Å². The topological polar surface area (TPSA) is 34.5 Å². The molecule has 0 atom stereocenters. The molecule has 0 amide bonds. The van der Waals surface area contributed by atoms with E-state index < -0.39 is 0 Å². The maximum Gasteiger partial charge on any atom is 0.195 e. The van der Waals surface area contributed by atoms with E-state index in [4.69, 9.17) is 4.74 Å². The minimum Gasteiger partial charge on any atom is -0.379 e. The molecule has 0 bridgehead atoms. The molecule has 4 heteroatoms. The number of carbonyl (C=O) groups excluding carboxylic acids is 1. The highest BCUT2D eigenvalue weighted by Crippen LogP contribution is 2.29. The van der Waals surface area contributed by atoms with Crippen LogP contribution in [-0.4, -0.2) is 48.1 Å². The second-order valence-corrected chi connectivity index (χ2v) is 8.19. The Kier molecular flexibility index (Phi) is 5.21. The minimum atomic E-state index is 0.171. The summed E-state index contributed by atoms with van der Waals surface area (Å²) in [7, 11) is 0. The van der Waals surface area contributed by atoms with Crippen LogP contribution in [0.25, 0.3) is 10.9 Å². The lowest BCUT2D eigenvalue weighted by Crippen LogP contribution is -2.38. The number of aryl methyl sites for hydroxylation is 1. The van der Waals surface area contributed by atoms with Gasteiger partial charge in [0.15, 0.2) is 5.78 Å². The molecule has 2 aliphatic rings. The maximum absolute atomic E-state index is 13.6. The summed E-state index contributed by atoms with van der Waals surface area (Å²) < 4.78 is 7.72. The number of ketones is 1. The molecule has 2 aromatic carbocycles.